The highest BCUT2D eigenvalue weighted by Gasteiger charge is 2.05. The summed E-state index contributed by atoms with van der Waals surface area (Å²) in [5.74, 6) is 1.25. The van der Waals surface area contributed by atoms with E-state index in [9.17, 15) is 0 Å². The largest absolute Gasteiger partial charge is 0.369 e. The van der Waals surface area contributed by atoms with Gasteiger partial charge in [0.05, 0.1) is 0 Å². The number of halogens is 3. The van der Waals surface area contributed by atoms with Crippen molar-refractivity contribution < 1.29 is 0 Å². The molecule has 0 saturated heterocycles. The van der Waals surface area contributed by atoms with Gasteiger partial charge in [-0.05, 0) is 38.2 Å². The van der Waals surface area contributed by atoms with E-state index in [4.69, 9.17) is 23.2 Å². The number of hydrogen-bond acceptors (Lipinski definition) is 2. The van der Waals surface area contributed by atoms with Crippen molar-refractivity contribution in [2.75, 3.05) is 50.4 Å². The quantitative estimate of drug-likeness (QED) is 0.675. The lowest BCUT2D eigenvalue weighted by molar-refractivity contribution is 0.413. The molecule has 0 saturated carbocycles. The van der Waals surface area contributed by atoms with Crippen LogP contribution >= 0.6 is 35.6 Å². The van der Waals surface area contributed by atoms with E-state index in [1.54, 1.807) is 0 Å². The fraction of sp³-hybridized carbons (Fsp3) is 0.571. The van der Waals surface area contributed by atoms with Gasteiger partial charge in [-0.1, -0.05) is 12.1 Å². The van der Waals surface area contributed by atoms with E-state index in [1.165, 1.54) is 11.3 Å². The lowest BCUT2D eigenvalue weighted by Gasteiger charge is -2.23. The van der Waals surface area contributed by atoms with Crippen molar-refractivity contribution in [3.63, 3.8) is 0 Å². The molecule has 0 heterocycles. The molecule has 0 bridgehead atoms. The molecule has 19 heavy (non-hydrogen) atoms. The van der Waals surface area contributed by atoms with Crippen LogP contribution in [0.15, 0.2) is 24.3 Å². The van der Waals surface area contributed by atoms with E-state index in [-0.39, 0.29) is 12.4 Å². The van der Waals surface area contributed by atoms with Crippen LogP contribution in [0.1, 0.15) is 5.56 Å². The minimum atomic E-state index is 0. The minimum Gasteiger partial charge on any atom is -0.369 e. The van der Waals surface area contributed by atoms with Crippen LogP contribution in [0.2, 0.25) is 0 Å². The highest BCUT2D eigenvalue weighted by molar-refractivity contribution is 6.18. The zero-order chi connectivity index (χ0) is 13.4. The number of likely N-dealkylation sites (N-methyl/N-ethyl adjacent to an activating group) is 1. The molecule has 0 spiro atoms. The zero-order valence-corrected chi connectivity index (χ0v) is 13.9. The van der Waals surface area contributed by atoms with Crippen molar-refractivity contribution in [1.82, 2.24) is 4.90 Å². The van der Waals surface area contributed by atoms with Crippen molar-refractivity contribution in [3.05, 3.63) is 29.8 Å². The minimum absolute atomic E-state index is 0. The van der Waals surface area contributed by atoms with Gasteiger partial charge in [0.15, 0.2) is 0 Å². The molecule has 0 aromatic heterocycles. The van der Waals surface area contributed by atoms with Crippen molar-refractivity contribution in [1.29, 1.82) is 0 Å². The van der Waals surface area contributed by atoms with Crippen LogP contribution in [-0.2, 0) is 6.42 Å². The summed E-state index contributed by atoms with van der Waals surface area (Å²) in [6.07, 6.45) is 1.08. The topological polar surface area (TPSA) is 6.48 Å². The zero-order valence-electron chi connectivity index (χ0n) is 11.6. The molecule has 1 aromatic rings. The molecular weight excluding hydrogens is 303 g/mol. The van der Waals surface area contributed by atoms with Crippen LogP contribution in [0, 0.1) is 0 Å². The Hall–Kier alpha value is -0.150. The van der Waals surface area contributed by atoms with Crippen LogP contribution in [0.4, 0.5) is 5.69 Å². The number of benzene rings is 1. The first-order valence-corrected chi connectivity index (χ1v) is 7.35. The molecule has 0 fully saturated rings. The SMILES string of the molecule is CN(C)CCc1ccc(N(CCCl)CCCl)cc1.Cl. The van der Waals surface area contributed by atoms with E-state index in [0.29, 0.717) is 11.8 Å². The van der Waals surface area contributed by atoms with Crippen LogP contribution in [-0.4, -0.2) is 50.4 Å². The predicted octanol–water partition coefficient (Wildman–Crippen LogP) is 3.50. The van der Waals surface area contributed by atoms with Crippen molar-refractivity contribution in [2.45, 2.75) is 6.42 Å². The maximum absolute atomic E-state index is 5.81. The fourth-order valence-electron chi connectivity index (χ4n) is 1.80. The first-order valence-electron chi connectivity index (χ1n) is 6.28. The first kappa shape index (κ1) is 18.9. The Bertz CT molecular complexity index is 322. The third-order valence-electron chi connectivity index (χ3n) is 2.86. The van der Waals surface area contributed by atoms with Crippen LogP contribution in [0.25, 0.3) is 0 Å². The lowest BCUT2D eigenvalue weighted by atomic mass is 10.1. The molecule has 0 N–H and O–H groups in total. The van der Waals surface area contributed by atoms with Crippen LogP contribution < -0.4 is 4.90 Å². The molecule has 1 aromatic carbocycles. The number of rotatable bonds is 8. The molecule has 2 nitrogen and oxygen atoms in total. The summed E-state index contributed by atoms with van der Waals surface area (Å²) in [7, 11) is 4.19. The average molecular weight is 326 g/mol. The summed E-state index contributed by atoms with van der Waals surface area (Å²) in [6, 6.07) is 8.69. The number of alkyl halides is 2. The molecule has 0 amide bonds. The van der Waals surface area contributed by atoms with E-state index < -0.39 is 0 Å². The van der Waals surface area contributed by atoms with Gasteiger partial charge in [-0.3, -0.25) is 0 Å². The molecule has 0 aliphatic carbocycles. The molecule has 0 unspecified atom stereocenters. The first-order chi connectivity index (χ1) is 8.67. The molecule has 0 aliphatic rings. The molecular formula is C14H23Cl3N2. The summed E-state index contributed by atoms with van der Waals surface area (Å²) in [5, 5.41) is 0. The van der Waals surface area contributed by atoms with Gasteiger partial charge in [0, 0.05) is 37.1 Å². The monoisotopic (exact) mass is 324 g/mol. The summed E-state index contributed by atoms with van der Waals surface area (Å²) in [6.45, 7) is 2.75. The summed E-state index contributed by atoms with van der Waals surface area (Å²) < 4.78 is 0. The van der Waals surface area contributed by atoms with Gasteiger partial charge < -0.3 is 9.80 Å². The lowest BCUT2D eigenvalue weighted by Crippen LogP contribution is -2.27. The Balaban J connectivity index is 0.00000324. The Kier molecular flexibility index (Phi) is 10.5. The Morgan fingerprint density at radius 3 is 1.84 bits per heavy atom. The van der Waals surface area contributed by atoms with Crippen LogP contribution in [0.5, 0.6) is 0 Å². The highest BCUT2D eigenvalue weighted by atomic mass is 35.5. The normalized spacial score (nSPS) is 10.4. The molecule has 5 heteroatoms. The molecule has 1 rings (SSSR count). The van der Waals surface area contributed by atoms with Gasteiger partial charge >= 0.3 is 0 Å². The van der Waals surface area contributed by atoms with E-state index in [1.807, 2.05) is 0 Å². The van der Waals surface area contributed by atoms with Crippen molar-refractivity contribution in [3.8, 4) is 0 Å². The Labute approximate surface area is 133 Å². The van der Waals surface area contributed by atoms with Crippen molar-refractivity contribution in [2.24, 2.45) is 0 Å². The molecule has 0 aliphatic heterocycles. The molecule has 0 atom stereocenters. The maximum atomic E-state index is 5.81. The van der Waals surface area contributed by atoms with Gasteiger partial charge in [-0.2, -0.15) is 0 Å². The van der Waals surface area contributed by atoms with Gasteiger partial charge in [-0.25, -0.2) is 0 Å². The second-order valence-corrected chi connectivity index (χ2v) is 5.34. The van der Waals surface area contributed by atoms with Gasteiger partial charge in [-0.15, -0.1) is 35.6 Å². The summed E-state index contributed by atoms with van der Waals surface area (Å²) in [5.41, 5.74) is 2.56. The van der Waals surface area contributed by atoms with E-state index >= 15 is 0 Å². The number of anilines is 1. The predicted molar refractivity (Wildman–Crippen MR) is 89.6 cm³/mol. The Morgan fingerprint density at radius 1 is 0.895 bits per heavy atom. The second-order valence-electron chi connectivity index (χ2n) is 4.58. The third kappa shape index (κ3) is 7.26. The number of hydrogen-bond donors (Lipinski definition) is 0. The smallest absolute Gasteiger partial charge is 0.0399 e. The van der Waals surface area contributed by atoms with Gasteiger partial charge in [0.1, 0.15) is 0 Å². The fourth-order valence-corrected chi connectivity index (χ4v) is 2.21. The maximum Gasteiger partial charge on any atom is 0.0399 e. The molecule has 110 valence electrons. The van der Waals surface area contributed by atoms with Gasteiger partial charge in [0.25, 0.3) is 0 Å². The Morgan fingerprint density at radius 2 is 1.42 bits per heavy atom. The van der Waals surface area contributed by atoms with E-state index in [2.05, 4.69) is 48.2 Å². The standard InChI is InChI=1S/C14H22Cl2N2.ClH/c1-17(2)10-7-13-3-5-14(6-4-13)18(11-8-15)12-9-16;/h3-6H,7-12H2,1-2H3;1H. The van der Waals surface area contributed by atoms with Crippen LogP contribution in [0.3, 0.4) is 0 Å². The summed E-state index contributed by atoms with van der Waals surface area (Å²) in [4.78, 5) is 4.41. The highest BCUT2D eigenvalue weighted by Crippen LogP contribution is 2.16. The van der Waals surface area contributed by atoms with Gasteiger partial charge in [0.2, 0.25) is 0 Å². The molecule has 0 radical (unpaired) electrons. The van der Waals surface area contributed by atoms with Crippen molar-refractivity contribution >= 4 is 41.3 Å². The summed E-state index contributed by atoms with van der Waals surface area (Å²) >= 11 is 11.6. The van der Waals surface area contributed by atoms with E-state index in [0.717, 1.165) is 26.1 Å². The average Bonchev–Trinajstić information content (AvgIpc) is 2.37. The third-order valence-corrected chi connectivity index (χ3v) is 3.20. The second kappa shape index (κ2) is 10.6. The number of nitrogens with zero attached hydrogens (tertiary/aromatic N) is 2.